The highest BCUT2D eigenvalue weighted by molar-refractivity contribution is 6.43. The first-order valence-corrected chi connectivity index (χ1v) is 5.93. The maximum Gasteiger partial charge on any atom is 0.185 e. The minimum absolute atomic E-state index is 0.0487. The Bertz CT molecular complexity index is 582. The molecule has 0 aliphatic carbocycles. The number of hydrogen-bond acceptors (Lipinski definition) is 4. The van der Waals surface area contributed by atoms with Gasteiger partial charge in [-0.25, -0.2) is 4.68 Å². The number of halogens is 2. The summed E-state index contributed by atoms with van der Waals surface area (Å²) in [6.07, 6.45) is 1.62. The van der Waals surface area contributed by atoms with Gasteiger partial charge in [-0.15, -0.1) is 5.10 Å². The molecule has 5 nitrogen and oxygen atoms in total. The van der Waals surface area contributed by atoms with E-state index >= 15 is 0 Å². The smallest absolute Gasteiger partial charge is 0.185 e. The van der Waals surface area contributed by atoms with Crippen molar-refractivity contribution in [3.05, 3.63) is 45.7 Å². The van der Waals surface area contributed by atoms with Crippen LogP contribution in [0.4, 0.5) is 0 Å². The van der Waals surface area contributed by atoms with Crippen molar-refractivity contribution in [3.63, 3.8) is 0 Å². The number of hydrogen-bond donors (Lipinski definition) is 1. The van der Waals surface area contributed by atoms with Gasteiger partial charge in [0.05, 0.1) is 21.9 Å². The van der Waals surface area contributed by atoms with E-state index in [0.717, 1.165) is 0 Å². The van der Waals surface area contributed by atoms with Gasteiger partial charge in [0.2, 0.25) is 0 Å². The molecule has 0 aliphatic heterocycles. The van der Waals surface area contributed by atoms with E-state index in [9.17, 15) is 4.79 Å². The highest BCUT2D eigenvalue weighted by Gasteiger charge is 2.13. The van der Waals surface area contributed by atoms with Crippen LogP contribution >= 0.6 is 23.2 Å². The molecule has 0 amide bonds. The molecular weight excluding hydrogens is 275 g/mol. The van der Waals surface area contributed by atoms with Crippen LogP contribution in [0.15, 0.2) is 24.4 Å². The van der Waals surface area contributed by atoms with Gasteiger partial charge in [-0.3, -0.25) is 4.79 Å². The number of aromatic nitrogens is 3. The first kappa shape index (κ1) is 13.0. The summed E-state index contributed by atoms with van der Waals surface area (Å²) in [6.45, 7) is 0.333. The Morgan fingerprint density at radius 1 is 1.39 bits per heavy atom. The van der Waals surface area contributed by atoms with E-state index in [1.165, 1.54) is 4.68 Å². The van der Waals surface area contributed by atoms with Gasteiger partial charge in [0.15, 0.2) is 5.78 Å². The second-order valence-corrected chi connectivity index (χ2v) is 4.42. The van der Waals surface area contributed by atoms with Gasteiger partial charge in [0.25, 0.3) is 0 Å². The number of ketones is 1. The fourth-order valence-electron chi connectivity index (χ4n) is 1.46. The molecule has 0 unspecified atom stereocenters. The topological polar surface area (TPSA) is 73.8 Å². The number of rotatable bonds is 4. The summed E-state index contributed by atoms with van der Waals surface area (Å²) in [5, 5.41) is 8.20. The molecule has 1 heterocycles. The third-order valence-corrected chi connectivity index (χ3v) is 3.17. The highest BCUT2D eigenvalue weighted by Crippen LogP contribution is 2.25. The average molecular weight is 285 g/mol. The van der Waals surface area contributed by atoms with Crippen LogP contribution in [0.2, 0.25) is 10.0 Å². The van der Waals surface area contributed by atoms with E-state index < -0.39 is 0 Å². The summed E-state index contributed by atoms with van der Waals surface area (Å²) in [5.41, 5.74) is 6.40. The molecule has 0 atom stereocenters. The summed E-state index contributed by atoms with van der Waals surface area (Å²) in [7, 11) is 0. The quantitative estimate of drug-likeness (QED) is 0.871. The second kappa shape index (κ2) is 5.48. The average Bonchev–Trinajstić information content (AvgIpc) is 2.80. The van der Waals surface area contributed by atoms with Crippen molar-refractivity contribution in [2.24, 2.45) is 5.73 Å². The molecule has 0 spiro atoms. The van der Waals surface area contributed by atoms with Crippen molar-refractivity contribution in [2.45, 2.75) is 13.1 Å². The van der Waals surface area contributed by atoms with Crippen molar-refractivity contribution >= 4 is 29.0 Å². The Hall–Kier alpha value is -1.43. The van der Waals surface area contributed by atoms with E-state index in [0.29, 0.717) is 16.3 Å². The normalized spacial score (nSPS) is 10.6. The minimum Gasteiger partial charge on any atom is -0.325 e. The Morgan fingerprint density at radius 2 is 2.17 bits per heavy atom. The van der Waals surface area contributed by atoms with Crippen molar-refractivity contribution in [2.75, 3.05) is 0 Å². The van der Waals surface area contributed by atoms with Gasteiger partial charge >= 0.3 is 0 Å². The summed E-state index contributed by atoms with van der Waals surface area (Å²) in [5.74, 6) is -0.184. The largest absolute Gasteiger partial charge is 0.325 e. The number of carbonyl (C=O) groups excluding carboxylic acids is 1. The molecule has 1 aromatic heterocycles. The number of benzene rings is 1. The molecular formula is C11H10Cl2N4O. The van der Waals surface area contributed by atoms with Crippen LogP contribution < -0.4 is 5.73 Å². The second-order valence-electron chi connectivity index (χ2n) is 3.64. The zero-order valence-electron chi connectivity index (χ0n) is 9.31. The van der Waals surface area contributed by atoms with Crippen LogP contribution in [-0.2, 0) is 13.1 Å². The number of carbonyl (C=O) groups is 1. The van der Waals surface area contributed by atoms with Crippen molar-refractivity contribution in [1.29, 1.82) is 0 Å². The standard InChI is InChI=1S/C11H10Cl2N4O/c12-9-3-1-2-8(11(9)13)10(18)6-17-5-7(4-14)15-16-17/h1-3,5H,4,6,14H2. The molecule has 94 valence electrons. The summed E-state index contributed by atoms with van der Waals surface area (Å²) in [6, 6.07) is 4.92. The first-order chi connectivity index (χ1) is 8.61. The summed E-state index contributed by atoms with van der Waals surface area (Å²) >= 11 is 11.8. The Morgan fingerprint density at radius 3 is 2.83 bits per heavy atom. The predicted octanol–water partition coefficient (Wildman–Crippen LogP) is 1.93. The Kier molecular flexibility index (Phi) is 3.96. The Balaban J connectivity index is 2.19. The molecule has 0 radical (unpaired) electrons. The molecule has 1 aromatic carbocycles. The van der Waals surface area contributed by atoms with Crippen LogP contribution in [0.1, 0.15) is 16.1 Å². The van der Waals surface area contributed by atoms with E-state index in [1.807, 2.05) is 0 Å². The monoisotopic (exact) mass is 284 g/mol. The molecule has 18 heavy (non-hydrogen) atoms. The fraction of sp³-hybridized carbons (Fsp3) is 0.182. The zero-order valence-corrected chi connectivity index (χ0v) is 10.8. The minimum atomic E-state index is -0.184. The lowest BCUT2D eigenvalue weighted by Crippen LogP contribution is -2.11. The maximum absolute atomic E-state index is 12.0. The lowest BCUT2D eigenvalue weighted by atomic mass is 10.1. The van der Waals surface area contributed by atoms with Crippen molar-refractivity contribution in [1.82, 2.24) is 15.0 Å². The molecule has 0 saturated carbocycles. The van der Waals surface area contributed by atoms with E-state index in [-0.39, 0.29) is 23.9 Å². The molecule has 2 N–H and O–H groups in total. The SMILES string of the molecule is NCc1cn(CC(=O)c2cccc(Cl)c2Cl)nn1. The molecule has 0 aliphatic rings. The lowest BCUT2D eigenvalue weighted by Gasteiger charge is -2.04. The zero-order chi connectivity index (χ0) is 13.1. The molecule has 0 saturated heterocycles. The van der Waals surface area contributed by atoms with Gasteiger partial charge in [-0.2, -0.15) is 0 Å². The third-order valence-electron chi connectivity index (χ3n) is 2.35. The van der Waals surface area contributed by atoms with Crippen LogP contribution in [-0.4, -0.2) is 20.8 Å². The van der Waals surface area contributed by atoms with Crippen molar-refractivity contribution < 1.29 is 4.79 Å². The lowest BCUT2D eigenvalue weighted by molar-refractivity contribution is 0.0967. The Labute approximate surface area is 113 Å². The van der Waals surface area contributed by atoms with E-state index in [4.69, 9.17) is 28.9 Å². The van der Waals surface area contributed by atoms with Gasteiger partial charge in [0, 0.05) is 12.1 Å². The summed E-state index contributed by atoms with van der Waals surface area (Å²) in [4.78, 5) is 12.0. The molecule has 2 rings (SSSR count). The van der Waals surface area contributed by atoms with Crippen LogP contribution in [0, 0.1) is 0 Å². The molecule has 2 aromatic rings. The predicted molar refractivity (Wildman–Crippen MR) is 68.7 cm³/mol. The van der Waals surface area contributed by atoms with E-state index in [2.05, 4.69) is 10.3 Å². The molecule has 0 bridgehead atoms. The van der Waals surface area contributed by atoms with Crippen LogP contribution in [0.25, 0.3) is 0 Å². The third kappa shape index (κ3) is 2.69. The van der Waals surface area contributed by atoms with Gasteiger partial charge in [0.1, 0.15) is 6.54 Å². The molecule has 7 heteroatoms. The maximum atomic E-state index is 12.0. The molecule has 0 fully saturated rings. The number of Topliss-reactive ketones (excluding diaryl/α,β-unsaturated/α-hetero) is 1. The van der Waals surface area contributed by atoms with Crippen LogP contribution in [0.3, 0.4) is 0 Å². The summed E-state index contributed by atoms with van der Waals surface area (Å²) < 4.78 is 1.42. The van der Waals surface area contributed by atoms with Gasteiger partial charge < -0.3 is 5.73 Å². The van der Waals surface area contributed by atoms with Crippen LogP contribution in [0.5, 0.6) is 0 Å². The number of nitrogens with zero attached hydrogens (tertiary/aromatic N) is 3. The number of nitrogens with two attached hydrogens (primary N) is 1. The first-order valence-electron chi connectivity index (χ1n) is 5.18. The van der Waals surface area contributed by atoms with Gasteiger partial charge in [-0.05, 0) is 12.1 Å². The fourth-order valence-corrected chi connectivity index (χ4v) is 1.87. The van der Waals surface area contributed by atoms with E-state index in [1.54, 1.807) is 24.4 Å². The highest BCUT2D eigenvalue weighted by atomic mass is 35.5. The van der Waals surface area contributed by atoms with Crippen molar-refractivity contribution in [3.8, 4) is 0 Å². The van der Waals surface area contributed by atoms with Gasteiger partial charge in [-0.1, -0.05) is 34.5 Å².